The Kier molecular flexibility index (Phi) is 4.97. The molecule has 0 heterocycles. The van der Waals surface area contributed by atoms with Gasteiger partial charge in [-0.15, -0.1) is 0 Å². The van der Waals surface area contributed by atoms with Crippen LogP contribution in [-0.2, 0) is 0 Å². The van der Waals surface area contributed by atoms with Crippen molar-refractivity contribution in [2.75, 3.05) is 13.6 Å². The van der Waals surface area contributed by atoms with Crippen molar-refractivity contribution >= 4 is 17.7 Å². The molecule has 0 saturated carbocycles. The molecular weight excluding hydrogens is 225 g/mol. The van der Waals surface area contributed by atoms with Gasteiger partial charge in [-0.05, 0) is 31.2 Å². The predicted octanol–water partition coefficient (Wildman–Crippen LogP) is 3.74. The third-order valence-electron chi connectivity index (χ3n) is 2.42. The highest BCUT2D eigenvalue weighted by molar-refractivity contribution is 6.30. The summed E-state index contributed by atoms with van der Waals surface area (Å²) < 4.78 is 13.5. The number of likely N-dealkylation sites (N-methyl/N-ethyl adjacent to an activating group) is 1. The summed E-state index contributed by atoms with van der Waals surface area (Å²) >= 11 is 5.85. The molecule has 0 aliphatic heterocycles. The lowest BCUT2D eigenvalue weighted by Gasteiger charge is -2.11. The monoisotopic (exact) mass is 241 g/mol. The highest BCUT2D eigenvalue weighted by atomic mass is 35.5. The quantitative estimate of drug-likeness (QED) is 0.847. The summed E-state index contributed by atoms with van der Waals surface area (Å²) in [6.07, 6.45) is 1.86. The lowest BCUT2D eigenvalue weighted by molar-refractivity contribution is 0.624. The minimum atomic E-state index is -0.237. The number of nitrogens with one attached hydrogen (secondary N) is 1. The first-order valence-electron chi connectivity index (χ1n) is 5.34. The largest absolute Gasteiger partial charge is 0.316 e. The Hall–Kier alpha value is -0.860. The highest BCUT2D eigenvalue weighted by Crippen LogP contribution is 2.20. The van der Waals surface area contributed by atoms with Gasteiger partial charge in [0.1, 0.15) is 5.82 Å². The highest BCUT2D eigenvalue weighted by Gasteiger charge is 2.05. The maximum absolute atomic E-state index is 13.5. The zero-order valence-electron chi connectivity index (χ0n) is 9.85. The number of hydrogen-bond donors (Lipinski definition) is 1. The molecule has 0 bridgehead atoms. The molecule has 0 saturated heterocycles. The molecule has 1 nitrogen and oxygen atoms in total. The molecule has 1 aromatic rings. The second-order valence-electron chi connectivity index (χ2n) is 4.07. The number of benzene rings is 1. The molecular formula is C13H17ClFN. The van der Waals surface area contributed by atoms with Crippen molar-refractivity contribution in [1.82, 2.24) is 5.32 Å². The Bertz CT molecular complexity index is 386. The first-order chi connectivity index (χ1) is 7.54. The van der Waals surface area contributed by atoms with Crippen LogP contribution in [0.25, 0.3) is 6.08 Å². The second-order valence-corrected chi connectivity index (χ2v) is 4.51. The topological polar surface area (TPSA) is 12.0 Å². The van der Waals surface area contributed by atoms with E-state index in [1.54, 1.807) is 12.1 Å². The van der Waals surface area contributed by atoms with E-state index in [9.17, 15) is 4.39 Å². The average molecular weight is 242 g/mol. The van der Waals surface area contributed by atoms with E-state index in [2.05, 4.69) is 19.2 Å². The SMILES string of the molecule is CNC/C(=C/c1cc(Cl)ccc1F)C(C)C. The summed E-state index contributed by atoms with van der Waals surface area (Å²) in [6.45, 7) is 4.93. The van der Waals surface area contributed by atoms with Gasteiger partial charge in [0.05, 0.1) is 0 Å². The normalized spacial score (nSPS) is 12.2. The van der Waals surface area contributed by atoms with Gasteiger partial charge in [0.15, 0.2) is 0 Å². The van der Waals surface area contributed by atoms with Crippen molar-refractivity contribution in [2.45, 2.75) is 13.8 Å². The first kappa shape index (κ1) is 13.2. The fraction of sp³-hybridized carbons (Fsp3) is 0.385. The molecule has 0 spiro atoms. The molecule has 0 radical (unpaired) electrons. The van der Waals surface area contributed by atoms with Crippen molar-refractivity contribution in [3.63, 3.8) is 0 Å². The summed E-state index contributed by atoms with van der Waals surface area (Å²) in [4.78, 5) is 0. The molecule has 0 aliphatic carbocycles. The maximum Gasteiger partial charge on any atom is 0.130 e. The Morgan fingerprint density at radius 2 is 2.19 bits per heavy atom. The lowest BCUT2D eigenvalue weighted by atomic mass is 10.00. The van der Waals surface area contributed by atoms with Crippen LogP contribution in [0.3, 0.4) is 0 Å². The molecule has 16 heavy (non-hydrogen) atoms. The van der Waals surface area contributed by atoms with Crippen LogP contribution in [0.1, 0.15) is 19.4 Å². The smallest absolute Gasteiger partial charge is 0.130 e. The summed E-state index contributed by atoms with van der Waals surface area (Å²) in [5.74, 6) is 0.143. The van der Waals surface area contributed by atoms with E-state index in [0.29, 0.717) is 16.5 Å². The molecule has 0 atom stereocenters. The van der Waals surface area contributed by atoms with E-state index < -0.39 is 0 Å². The van der Waals surface area contributed by atoms with Gasteiger partial charge in [0.25, 0.3) is 0 Å². The molecule has 0 aromatic heterocycles. The summed E-state index contributed by atoms with van der Waals surface area (Å²) in [5.41, 5.74) is 1.70. The summed E-state index contributed by atoms with van der Waals surface area (Å²) in [6, 6.07) is 4.60. The van der Waals surface area contributed by atoms with Crippen LogP contribution >= 0.6 is 11.6 Å². The van der Waals surface area contributed by atoms with Gasteiger partial charge in [-0.1, -0.05) is 37.1 Å². The van der Waals surface area contributed by atoms with Crippen LogP contribution in [0.4, 0.5) is 4.39 Å². The van der Waals surface area contributed by atoms with Crippen LogP contribution in [-0.4, -0.2) is 13.6 Å². The van der Waals surface area contributed by atoms with Gasteiger partial charge in [-0.25, -0.2) is 4.39 Å². The molecule has 0 fully saturated rings. The van der Waals surface area contributed by atoms with E-state index in [-0.39, 0.29) is 5.82 Å². The summed E-state index contributed by atoms with van der Waals surface area (Å²) in [7, 11) is 1.88. The van der Waals surface area contributed by atoms with Gasteiger partial charge in [-0.3, -0.25) is 0 Å². The zero-order valence-corrected chi connectivity index (χ0v) is 10.6. The van der Waals surface area contributed by atoms with E-state index in [1.165, 1.54) is 6.07 Å². The van der Waals surface area contributed by atoms with Crippen LogP contribution in [0.5, 0.6) is 0 Å². The van der Waals surface area contributed by atoms with E-state index >= 15 is 0 Å². The average Bonchev–Trinajstić information content (AvgIpc) is 2.22. The number of halogens is 2. The fourth-order valence-electron chi connectivity index (χ4n) is 1.45. The van der Waals surface area contributed by atoms with Crippen molar-refractivity contribution in [1.29, 1.82) is 0 Å². The van der Waals surface area contributed by atoms with Gasteiger partial charge >= 0.3 is 0 Å². The Labute approximate surface area is 101 Å². The van der Waals surface area contributed by atoms with E-state index in [4.69, 9.17) is 11.6 Å². The molecule has 88 valence electrons. The van der Waals surface area contributed by atoms with Gasteiger partial charge in [-0.2, -0.15) is 0 Å². The minimum Gasteiger partial charge on any atom is -0.316 e. The predicted molar refractivity (Wildman–Crippen MR) is 68.2 cm³/mol. The number of rotatable bonds is 4. The first-order valence-corrected chi connectivity index (χ1v) is 5.72. The molecule has 3 heteroatoms. The minimum absolute atomic E-state index is 0.237. The fourth-order valence-corrected chi connectivity index (χ4v) is 1.63. The summed E-state index contributed by atoms with van der Waals surface area (Å²) in [5, 5.41) is 3.64. The molecule has 0 unspecified atom stereocenters. The lowest BCUT2D eigenvalue weighted by Crippen LogP contribution is -2.14. The zero-order chi connectivity index (χ0) is 12.1. The molecule has 1 N–H and O–H groups in total. The Balaban J connectivity index is 3.06. The van der Waals surface area contributed by atoms with Crippen molar-refractivity contribution in [3.8, 4) is 0 Å². The van der Waals surface area contributed by atoms with Crippen molar-refractivity contribution in [2.24, 2.45) is 5.92 Å². The van der Waals surface area contributed by atoms with Gasteiger partial charge in [0, 0.05) is 17.1 Å². The van der Waals surface area contributed by atoms with Crippen LogP contribution in [0.2, 0.25) is 5.02 Å². The molecule has 0 amide bonds. The number of hydrogen-bond acceptors (Lipinski definition) is 1. The maximum atomic E-state index is 13.5. The Morgan fingerprint density at radius 1 is 1.50 bits per heavy atom. The van der Waals surface area contributed by atoms with Gasteiger partial charge in [0.2, 0.25) is 0 Å². The molecule has 1 aromatic carbocycles. The molecule has 1 rings (SSSR count). The van der Waals surface area contributed by atoms with Crippen LogP contribution in [0, 0.1) is 11.7 Å². The van der Waals surface area contributed by atoms with Crippen molar-refractivity contribution < 1.29 is 4.39 Å². The Morgan fingerprint density at radius 3 is 2.75 bits per heavy atom. The van der Waals surface area contributed by atoms with Gasteiger partial charge < -0.3 is 5.32 Å². The van der Waals surface area contributed by atoms with Crippen LogP contribution < -0.4 is 5.32 Å². The van der Waals surface area contributed by atoms with Crippen LogP contribution in [0.15, 0.2) is 23.8 Å². The van der Waals surface area contributed by atoms with E-state index in [1.807, 2.05) is 13.1 Å². The van der Waals surface area contributed by atoms with Crippen molar-refractivity contribution in [3.05, 3.63) is 40.2 Å². The second kappa shape index (κ2) is 6.02. The third kappa shape index (κ3) is 3.62. The van der Waals surface area contributed by atoms with E-state index in [0.717, 1.165) is 12.1 Å². The standard InChI is InChI=1S/C13H17ClFN/c1-9(2)11(8-16-3)6-10-7-12(14)4-5-13(10)15/h4-7,9,16H,8H2,1-3H3/b11-6-. The molecule has 0 aliphatic rings. The third-order valence-corrected chi connectivity index (χ3v) is 2.66.